The second-order valence-electron chi connectivity index (χ2n) is 4.78. The summed E-state index contributed by atoms with van der Waals surface area (Å²) in [4.78, 5) is 11.8. The third-order valence-electron chi connectivity index (χ3n) is 3.47. The van der Waals surface area contributed by atoms with Crippen LogP contribution in [0, 0.1) is 17.6 Å². The molecular weight excluding hydrogens is 236 g/mol. The van der Waals surface area contributed by atoms with Crippen LogP contribution in [0.1, 0.15) is 36.0 Å². The van der Waals surface area contributed by atoms with E-state index in [2.05, 4.69) is 5.32 Å². The monoisotopic (exact) mass is 253 g/mol. The number of halogens is 2. The summed E-state index contributed by atoms with van der Waals surface area (Å²) in [5.74, 6) is -0.981. The minimum absolute atomic E-state index is 0.121. The summed E-state index contributed by atoms with van der Waals surface area (Å²) in [6.45, 7) is 1.96. The van der Waals surface area contributed by atoms with Crippen molar-refractivity contribution in [3.63, 3.8) is 0 Å². The van der Waals surface area contributed by atoms with Crippen molar-refractivity contribution in [1.29, 1.82) is 0 Å². The lowest BCUT2D eigenvalue weighted by Crippen LogP contribution is -2.28. The molecule has 0 aromatic heterocycles. The van der Waals surface area contributed by atoms with Gasteiger partial charge in [0.05, 0.1) is 5.56 Å². The molecule has 0 spiro atoms. The zero-order chi connectivity index (χ0) is 13.0. The molecule has 0 unspecified atom stereocenters. The van der Waals surface area contributed by atoms with E-state index in [-0.39, 0.29) is 11.3 Å². The summed E-state index contributed by atoms with van der Waals surface area (Å²) in [5.41, 5.74) is -0.121. The van der Waals surface area contributed by atoms with Crippen LogP contribution in [0.4, 0.5) is 8.78 Å². The molecule has 0 radical (unpaired) electrons. The molecule has 1 aliphatic heterocycles. The minimum atomic E-state index is -0.633. The number of carbonyl (C=O) groups excluding carboxylic acids is 1. The van der Waals surface area contributed by atoms with Gasteiger partial charge in [0.1, 0.15) is 11.6 Å². The van der Waals surface area contributed by atoms with E-state index in [1.54, 1.807) is 0 Å². The Kier molecular flexibility index (Phi) is 4.42. The van der Waals surface area contributed by atoms with Gasteiger partial charge in [0.2, 0.25) is 0 Å². The van der Waals surface area contributed by atoms with Crippen molar-refractivity contribution in [2.24, 2.45) is 5.92 Å². The first-order chi connectivity index (χ1) is 8.66. The third kappa shape index (κ3) is 3.35. The van der Waals surface area contributed by atoms with Crippen molar-refractivity contribution in [2.75, 3.05) is 13.1 Å². The molecule has 1 aromatic rings. The van der Waals surface area contributed by atoms with Crippen molar-refractivity contribution >= 4 is 5.78 Å². The summed E-state index contributed by atoms with van der Waals surface area (Å²) in [7, 11) is 0. The number of ketones is 1. The first kappa shape index (κ1) is 13.1. The third-order valence-corrected chi connectivity index (χ3v) is 3.47. The predicted molar refractivity (Wildman–Crippen MR) is 65.5 cm³/mol. The molecule has 2 nitrogen and oxygen atoms in total. The first-order valence-electron chi connectivity index (χ1n) is 6.36. The average molecular weight is 253 g/mol. The minimum Gasteiger partial charge on any atom is -0.317 e. The Labute approximate surface area is 105 Å². The van der Waals surface area contributed by atoms with Crippen LogP contribution in [0.5, 0.6) is 0 Å². The van der Waals surface area contributed by atoms with Crippen LogP contribution in [-0.4, -0.2) is 18.9 Å². The fraction of sp³-hybridized carbons (Fsp3) is 0.500. The standard InChI is InChI=1S/C14H17F2NO/c15-11-2-3-13(16)12(9-11)14(18)4-1-10-5-7-17-8-6-10/h2-3,9-10,17H,1,4-8H2. The molecule has 0 aliphatic carbocycles. The van der Waals surface area contributed by atoms with Crippen LogP contribution >= 0.6 is 0 Å². The Balaban J connectivity index is 1.92. The van der Waals surface area contributed by atoms with Gasteiger partial charge in [0.15, 0.2) is 5.78 Å². The molecule has 0 saturated carbocycles. The fourth-order valence-electron chi connectivity index (χ4n) is 2.35. The van der Waals surface area contributed by atoms with Gasteiger partial charge in [0.25, 0.3) is 0 Å². The Morgan fingerprint density at radius 3 is 2.72 bits per heavy atom. The lowest BCUT2D eigenvalue weighted by molar-refractivity contribution is 0.0966. The molecule has 1 aliphatic rings. The maximum absolute atomic E-state index is 13.4. The quantitative estimate of drug-likeness (QED) is 0.836. The average Bonchev–Trinajstić information content (AvgIpc) is 2.40. The van der Waals surface area contributed by atoms with Crippen LogP contribution in [-0.2, 0) is 0 Å². The lowest BCUT2D eigenvalue weighted by Gasteiger charge is -2.22. The summed E-state index contributed by atoms with van der Waals surface area (Å²) in [5, 5.41) is 3.26. The van der Waals surface area contributed by atoms with E-state index in [4.69, 9.17) is 0 Å². The summed E-state index contributed by atoms with van der Waals surface area (Å²) in [6, 6.07) is 3.02. The summed E-state index contributed by atoms with van der Waals surface area (Å²) < 4.78 is 26.4. The molecule has 0 bridgehead atoms. The lowest BCUT2D eigenvalue weighted by atomic mass is 9.91. The Bertz CT molecular complexity index is 428. The van der Waals surface area contributed by atoms with E-state index in [9.17, 15) is 13.6 Å². The molecular formula is C14H17F2NO. The van der Waals surface area contributed by atoms with E-state index in [0.29, 0.717) is 12.3 Å². The smallest absolute Gasteiger partial charge is 0.165 e. The number of hydrogen-bond donors (Lipinski definition) is 1. The zero-order valence-corrected chi connectivity index (χ0v) is 10.2. The van der Waals surface area contributed by atoms with Crippen molar-refractivity contribution in [3.05, 3.63) is 35.4 Å². The molecule has 1 saturated heterocycles. The van der Waals surface area contributed by atoms with Gasteiger partial charge in [-0.2, -0.15) is 0 Å². The molecule has 4 heteroatoms. The molecule has 98 valence electrons. The van der Waals surface area contributed by atoms with Gasteiger partial charge < -0.3 is 5.32 Å². The van der Waals surface area contributed by atoms with Crippen molar-refractivity contribution in [3.8, 4) is 0 Å². The normalized spacial score (nSPS) is 16.8. The molecule has 18 heavy (non-hydrogen) atoms. The van der Waals surface area contributed by atoms with Gasteiger partial charge in [-0.15, -0.1) is 0 Å². The van der Waals surface area contributed by atoms with E-state index >= 15 is 0 Å². The van der Waals surface area contributed by atoms with Crippen molar-refractivity contribution < 1.29 is 13.6 Å². The van der Waals surface area contributed by atoms with Crippen LogP contribution in [0.2, 0.25) is 0 Å². The maximum atomic E-state index is 13.4. The van der Waals surface area contributed by atoms with Gasteiger partial charge in [-0.3, -0.25) is 4.79 Å². The number of piperidine rings is 1. The SMILES string of the molecule is O=C(CCC1CCNCC1)c1cc(F)ccc1F. The number of carbonyl (C=O) groups is 1. The van der Waals surface area contributed by atoms with Gasteiger partial charge in [0, 0.05) is 6.42 Å². The zero-order valence-electron chi connectivity index (χ0n) is 10.2. The maximum Gasteiger partial charge on any atom is 0.165 e. The highest BCUT2D eigenvalue weighted by molar-refractivity contribution is 5.96. The highest BCUT2D eigenvalue weighted by atomic mass is 19.1. The number of benzene rings is 1. The molecule has 0 amide bonds. The van der Waals surface area contributed by atoms with E-state index in [1.807, 2.05) is 0 Å². The molecule has 1 aromatic carbocycles. The van der Waals surface area contributed by atoms with Crippen LogP contribution < -0.4 is 5.32 Å². The molecule has 1 heterocycles. The molecule has 1 N–H and O–H groups in total. The number of Topliss-reactive ketones (excluding diaryl/α,β-unsaturated/α-hetero) is 1. The fourth-order valence-corrected chi connectivity index (χ4v) is 2.35. The first-order valence-corrected chi connectivity index (χ1v) is 6.36. The largest absolute Gasteiger partial charge is 0.317 e. The molecule has 2 rings (SSSR count). The van der Waals surface area contributed by atoms with Crippen LogP contribution in [0.3, 0.4) is 0 Å². The molecule has 0 atom stereocenters. The van der Waals surface area contributed by atoms with Gasteiger partial charge in [-0.25, -0.2) is 8.78 Å². The molecule has 1 fully saturated rings. The predicted octanol–water partition coefficient (Wildman–Crippen LogP) is 2.93. The summed E-state index contributed by atoms with van der Waals surface area (Å²) in [6.07, 6.45) is 3.17. The topological polar surface area (TPSA) is 29.1 Å². The van der Waals surface area contributed by atoms with Gasteiger partial charge in [-0.05, 0) is 56.5 Å². The Morgan fingerprint density at radius 2 is 2.00 bits per heavy atom. The highest BCUT2D eigenvalue weighted by Crippen LogP contribution is 2.20. The number of hydrogen-bond acceptors (Lipinski definition) is 2. The van der Waals surface area contributed by atoms with E-state index in [1.165, 1.54) is 0 Å². The Hall–Kier alpha value is -1.29. The Morgan fingerprint density at radius 1 is 1.28 bits per heavy atom. The summed E-state index contributed by atoms with van der Waals surface area (Å²) >= 11 is 0. The second-order valence-corrected chi connectivity index (χ2v) is 4.78. The second kappa shape index (κ2) is 6.05. The van der Waals surface area contributed by atoms with Gasteiger partial charge in [-0.1, -0.05) is 0 Å². The van der Waals surface area contributed by atoms with Crippen molar-refractivity contribution in [2.45, 2.75) is 25.7 Å². The highest BCUT2D eigenvalue weighted by Gasteiger charge is 2.17. The van der Waals surface area contributed by atoms with Gasteiger partial charge >= 0.3 is 0 Å². The van der Waals surface area contributed by atoms with E-state index < -0.39 is 11.6 Å². The number of rotatable bonds is 4. The van der Waals surface area contributed by atoms with Crippen LogP contribution in [0.25, 0.3) is 0 Å². The van der Waals surface area contributed by atoms with Crippen molar-refractivity contribution in [1.82, 2.24) is 5.32 Å². The van der Waals surface area contributed by atoms with E-state index in [0.717, 1.165) is 50.6 Å². The number of nitrogens with one attached hydrogen (secondary N) is 1. The van der Waals surface area contributed by atoms with Crippen LogP contribution in [0.15, 0.2) is 18.2 Å².